The molecule has 8 nitrogen and oxygen atoms in total. The lowest BCUT2D eigenvalue weighted by Gasteiger charge is -2.31. The first kappa shape index (κ1) is 19.9. The minimum absolute atomic E-state index is 0.0210. The number of rotatable bonds is 7. The van der Waals surface area contributed by atoms with Crippen molar-refractivity contribution in [2.45, 2.75) is 6.42 Å². The monoisotopic (exact) mass is 404 g/mol. The van der Waals surface area contributed by atoms with Gasteiger partial charge in [0.1, 0.15) is 5.69 Å². The number of carbonyl (C=O) groups excluding carboxylic acids is 1. The number of nitrogens with one attached hydrogen (secondary N) is 2. The van der Waals surface area contributed by atoms with Gasteiger partial charge in [-0.15, -0.1) is 0 Å². The predicted octanol–water partition coefficient (Wildman–Crippen LogP) is 3.53. The molecule has 0 atom stereocenters. The maximum absolute atomic E-state index is 12.4. The molecule has 0 aliphatic carbocycles. The molecule has 2 N–H and O–H groups in total. The zero-order valence-corrected chi connectivity index (χ0v) is 15.9. The summed E-state index contributed by atoms with van der Waals surface area (Å²) in [7, 11) is 0. The van der Waals surface area contributed by atoms with Crippen LogP contribution in [-0.2, 0) is 9.53 Å². The highest BCUT2D eigenvalue weighted by Crippen LogP contribution is 2.34. The average molecular weight is 405 g/mol. The first-order chi connectivity index (χ1) is 13.6. The minimum atomic E-state index is -0.455. The van der Waals surface area contributed by atoms with Crippen LogP contribution in [0.5, 0.6) is 0 Å². The van der Waals surface area contributed by atoms with Crippen LogP contribution in [0.25, 0.3) is 0 Å². The van der Waals surface area contributed by atoms with E-state index in [1.165, 1.54) is 6.07 Å². The molecular formula is C19H21ClN4O4. The summed E-state index contributed by atoms with van der Waals surface area (Å²) in [5.74, 6) is -0.206. The zero-order chi connectivity index (χ0) is 19.9. The van der Waals surface area contributed by atoms with Gasteiger partial charge >= 0.3 is 0 Å². The van der Waals surface area contributed by atoms with Crippen LogP contribution >= 0.6 is 11.6 Å². The van der Waals surface area contributed by atoms with E-state index in [0.717, 1.165) is 5.69 Å². The number of hydrogen-bond acceptors (Lipinski definition) is 6. The van der Waals surface area contributed by atoms with Gasteiger partial charge in [-0.1, -0.05) is 29.8 Å². The van der Waals surface area contributed by atoms with Crippen LogP contribution in [0.4, 0.5) is 22.7 Å². The second-order valence-electron chi connectivity index (χ2n) is 6.23. The Morgan fingerprint density at radius 3 is 2.61 bits per heavy atom. The highest BCUT2D eigenvalue weighted by molar-refractivity contribution is 6.34. The minimum Gasteiger partial charge on any atom is -0.379 e. The normalized spacial score (nSPS) is 13.8. The molecule has 0 saturated carbocycles. The molecule has 148 valence electrons. The zero-order valence-electron chi connectivity index (χ0n) is 15.2. The number of amides is 1. The van der Waals surface area contributed by atoms with Gasteiger partial charge in [0.15, 0.2) is 0 Å². The van der Waals surface area contributed by atoms with Gasteiger partial charge in [-0.3, -0.25) is 14.9 Å². The van der Waals surface area contributed by atoms with E-state index in [2.05, 4.69) is 15.5 Å². The number of morpholine rings is 1. The van der Waals surface area contributed by atoms with Gasteiger partial charge in [-0.2, -0.15) is 0 Å². The number of anilines is 3. The lowest BCUT2D eigenvalue weighted by Crippen LogP contribution is -2.37. The van der Waals surface area contributed by atoms with Gasteiger partial charge in [0.2, 0.25) is 5.91 Å². The molecule has 0 radical (unpaired) electrons. The van der Waals surface area contributed by atoms with Crippen LogP contribution < -0.4 is 15.5 Å². The first-order valence-corrected chi connectivity index (χ1v) is 9.32. The van der Waals surface area contributed by atoms with E-state index < -0.39 is 4.92 Å². The molecule has 2 aromatic carbocycles. The molecule has 2 aromatic rings. The van der Waals surface area contributed by atoms with E-state index in [4.69, 9.17) is 16.3 Å². The Bertz CT molecular complexity index is 856. The van der Waals surface area contributed by atoms with Crippen molar-refractivity contribution >= 4 is 40.3 Å². The molecule has 1 saturated heterocycles. The number of benzene rings is 2. The topological polar surface area (TPSA) is 96.7 Å². The Morgan fingerprint density at radius 1 is 1.14 bits per heavy atom. The summed E-state index contributed by atoms with van der Waals surface area (Å²) in [5.41, 5.74) is 1.79. The van der Waals surface area contributed by atoms with Crippen molar-refractivity contribution in [1.82, 2.24) is 0 Å². The fourth-order valence-corrected chi connectivity index (χ4v) is 3.32. The van der Waals surface area contributed by atoms with Crippen molar-refractivity contribution in [2.75, 3.05) is 48.4 Å². The lowest BCUT2D eigenvalue weighted by atomic mass is 10.2. The number of ether oxygens (including phenoxy) is 1. The standard InChI is InChI=1S/C19H21ClN4O4/c20-14-4-3-6-16(19(14)23-10-12-28-13-11-23)22-18(25)8-9-21-15-5-1-2-7-17(15)24(26)27/h1-7,21H,8-13H2,(H,22,25). The van der Waals surface area contributed by atoms with Crippen LogP contribution in [-0.4, -0.2) is 43.7 Å². The highest BCUT2D eigenvalue weighted by atomic mass is 35.5. The van der Waals surface area contributed by atoms with Crippen molar-refractivity contribution < 1.29 is 14.5 Å². The Morgan fingerprint density at radius 2 is 1.86 bits per heavy atom. The van der Waals surface area contributed by atoms with Gasteiger partial charge in [-0.25, -0.2) is 0 Å². The summed E-state index contributed by atoms with van der Waals surface area (Å²) < 4.78 is 5.38. The number of nitrogens with zero attached hydrogens (tertiary/aromatic N) is 2. The van der Waals surface area contributed by atoms with Gasteiger partial charge in [0, 0.05) is 32.1 Å². The van der Waals surface area contributed by atoms with Crippen LogP contribution in [0.3, 0.4) is 0 Å². The molecule has 1 fully saturated rings. The van der Waals surface area contributed by atoms with E-state index in [0.29, 0.717) is 42.7 Å². The molecule has 1 heterocycles. The molecular weight excluding hydrogens is 384 g/mol. The second kappa shape index (κ2) is 9.38. The van der Waals surface area contributed by atoms with E-state index in [1.54, 1.807) is 30.3 Å². The Labute approximate surface area is 167 Å². The van der Waals surface area contributed by atoms with Crippen LogP contribution in [0.2, 0.25) is 5.02 Å². The molecule has 1 aliphatic heterocycles. The lowest BCUT2D eigenvalue weighted by molar-refractivity contribution is -0.384. The fourth-order valence-electron chi connectivity index (χ4n) is 3.03. The van der Waals surface area contributed by atoms with Crippen molar-refractivity contribution in [3.05, 3.63) is 57.6 Å². The number of para-hydroxylation sites is 3. The molecule has 0 unspecified atom stereocenters. The summed E-state index contributed by atoms with van der Waals surface area (Å²) in [6.45, 7) is 2.89. The third-order valence-electron chi connectivity index (χ3n) is 4.36. The number of hydrogen-bond donors (Lipinski definition) is 2. The van der Waals surface area contributed by atoms with Crippen molar-refractivity contribution in [2.24, 2.45) is 0 Å². The summed E-state index contributed by atoms with van der Waals surface area (Å²) in [6.07, 6.45) is 0.154. The van der Waals surface area contributed by atoms with E-state index in [-0.39, 0.29) is 24.6 Å². The molecule has 0 aromatic heterocycles. The van der Waals surface area contributed by atoms with Crippen LogP contribution in [0.15, 0.2) is 42.5 Å². The van der Waals surface area contributed by atoms with Crippen LogP contribution in [0.1, 0.15) is 6.42 Å². The van der Waals surface area contributed by atoms with Crippen LogP contribution in [0, 0.1) is 10.1 Å². The largest absolute Gasteiger partial charge is 0.379 e. The second-order valence-corrected chi connectivity index (χ2v) is 6.64. The third-order valence-corrected chi connectivity index (χ3v) is 4.66. The third kappa shape index (κ3) is 4.90. The number of nitro benzene ring substituents is 1. The highest BCUT2D eigenvalue weighted by Gasteiger charge is 2.19. The summed E-state index contributed by atoms with van der Waals surface area (Å²) in [6, 6.07) is 11.7. The Balaban J connectivity index is 1.61. The molecule has 9 heteroatoms. The maximum atomic E-state index is 12.4. The van der Waals surface area contributed by atoms with Crippen molar-refractivity contribution in [1.29, 1.82) is 0 Å². The molecule has 3 rings (SSSR count). The van der Waals surface area contributed by atoms with Gasteiger partial charge in [-0.05, 0) is 18.2 Å². The van der Waals surface area contributed by atoms with Gasteiger partial charge in [0.05, 0.1) is 34.5 Å². The molecule has 1 amide bonds. The van der Waals surface area contributed by atoms with Gasteiger partial charge in [0.25, 0.3) is 5.69 Å². The Hall–Kier alpha value is -2.84. The molecule has 1 aliphatic rings. The van der Waals surface area contributed by atoms with E-state index in [1.807, 2.05) is 6.07 Å². The van der Waals surface area contributed by atoms with E-state index in [9.17, 15) is 14.9 Å². The maximum Gasteiger partial charge on any atom is 0.292 e. The molecule has 28 heavy (non-hydrogen) atoms. The average Bonchev–Trinajstić information content (AvgIpc) is 2.69. The SMILES string of the molecule is O=C(CCNc1ccccc1[N+](=O)[O-])Nc1cccc(Cl)c1N1CCOCC1. The Kier molecular flexibility index (Phi) is 6.67. The number of halogens is 1. The molecule has 0 spiro atoms. The summed E-state index contributed by atoms with van der Waals surface area (Å²) >= 11 is 6.37. The summed E-state index contributed by atoms with van der Waals surface area (Å²) in [4.78, 5) is 25.1. The van der Waals surface area contributed by atoms with Crippen molar-refractivity contribution in [3.63, 3.8) is 0 Å². The first-order valence-electron chi connectivity index (χ1n) is 8.94. The molecule has 0 bridgehead atoms. The number of carbonyl (C=O) groups is 1. The summed E-state index contributed by atoms with van der Waals surface area (Å²) in [5, 5.41) is 17.4. The predicted molar refractivity (Wildman–Crippen MR) is 109 cm³/mol. The quantitative estimate of drug-likeness (QED) is 0.541. The number of nitro groups is 1. The fraction of sp³-hybridized carbons (Fsp3) is 0.316. The smallest absolute Gasteiger partial charge is 0.292 e. The van der Waals surface area contributed by atoms with Crippen molar-refractivity contribution in [3.8, 4) is 0 Å². The van der Waals surface area contributed by atoms with Gasteiger partial charge < -0.3 is 20.3 Å². The van der Waals surface area contributed by atoms with E-state index >= 15 is 0 Å².